The predicted octanol–water partition coefficient (Wildman–Crippen LogP) is 15.7. The van der Waals surface area contributed by atoms with Crippen LogP contribution in [0.5, 0.6) is 0 Å². The summed E-state index contributed by atoms with van der Waals surface area (Å²) in [5, 5.41) is 0. The van der Waals surface area contributed by atoms with E-state index in [1.165, 1.54) is 12.8 Å². The Morgan fingerprint density at radius 1 is 0.148 bits per heavy atom. The van der Waals surface area contributed by atoms with Crippen molar-refractivity contribution in [2.24, 2.45) is 118 Å². The quantitative estimate of drug-likeness (QED) is 0.270. The molecule has 0 bridgehead atoms. The van der Waals surface area contributed by atoms with Gasteiger partial charge in [0.05, 0.1) is 0 Å². The Kier molecular flexibility index (Phi) is 11.1. The second-order valence-electron chi connectivity index (χ2n) is 24.3. The number of fused-ring (bicyclic) bond motifs is 8. The van der Waals surface area contributed by atoms with Gasteiger partial charge in [-0.15, -0.1) is 0 Å². The highest BCUT2D eigenvalue weighted by molar-refractivity contribution is 5.10. The van der Waals surface area contributed by atoms with E-state index in [0.29, 0.717) is 0 Å². The van der Waals surface area contributed by atoms with E-state index in [0.717, 1.165) is 118 Å². The molecule has 0 amide bonds. The molecule has 11 aliphatic carbocycles. The molecule has 304 valence electrons. The van der Waals surface area contributed by atoms with Crippen LogP contribution in [0.2, 0.25) is 0 Å². The minimum absolute atomic E-state index is 1.11. The molecule has 11 saturated carbocycles. The van der Waals surface area contributed by atoms with Gasteiger partial charge in [0, 0.05) is 0 Å². The average molecular weight is 737 g/mol. The van der Waals surface area contributed by atoms with Crippen molar-refractivity contribution >= 4 is 0 Å². The van der Waals surface area contributed by atoms with Gasteiger partial charge >= 0.3 is 0 Å². The fraction of sp³-hybridized carbons (Fsp3) is 1.00. The lowest BCUT2D eigenvalue weighted by Crippen LogP contribution is -2.59. The Labute approximate surface area is 335 Å². The minimum atomic E-state index is 1.11. The molecule has 14 unspecified atom stereocenters. The fourth-order valence-electron chi connectivity index (χ4n) is 20.7. The molecular weight excluding hydrogens is 649 g/mol. The Hall–Kier alpha value is 0. The van der Waals surface area contributed by atoms with Gasteiger partial charge in [0.15, 0.2) is 0 Å². The van der Waals surface area contributed by atoms with Gasteiger partial charge in [0.2, 0.25) is 0 Å². The van der Waals surface area contributed by atoms with Crippen LogP contribution in [0.25, 0.3) is 0 Å². The normalized spacial score (nSPS) is 53.1. The predicted molar refractivity (Wildman–Crippen MR) is 227 cm³/mol. The highest BCUT2D eigenvalue weighted by atomic mass is 14.7. The zero-order chi connectivity index (χ0) is 35.6. The lowest BCUT2D eigenvalue weighted by Gasteiger charge is -2.66. The van der Waals surface area contributed by atoms with Crippen LogP contribution in [0.1, 0.15) is 218 Å². The maximum absolute atomic E-state index is 1.74. The number of hydrogen-bond donors (Lipinski definition) is 0. The van der Waals surface area contributed by atoms with Crippen molar-refractivity contribution in [3.63, 3.8) is 0 Å². The van der Waals surface area contributed by atoms with E-state index in [2.05, 4.69) is 0 Å². The van der Waals surface area contributed by atoms with Gasteiger partial charge in [-0.2, -0.15) is 0 Å². The summed E-state index contributed by atoms with van der Waals surface area (Å²) in [6, 6.07) is 0. The fourth-order valence-corrected chi connectivity index (χ4v) is 20.7. The van der Waals surface area contributed by atoms with Crippen molar-refractivity contribution in [3.05, 3.63) is 0 Å². The van der Waals surface area contributed by atoms with Crippen molar-refractivity contribution in [3.8, 4) is 0 Å². The average Bonchev–Trinajstić information content (AvgIpc) is 3.25. The van der Waals surface area contributed by atoms with E-state index in [-0.39, 0.29) is 0 Å². The Morgan fingerprint density at radius 2 is 0.426 bits per heavy atom. The molecule has 0 aromatic heterocycles. The highest BCUT2D eigenvalue weighted by Gasteiger charge is 2.61. The van der Waals surface area contributed by atoms with E-state index in [1.807, 2.05) is 0 Å². The topological polar surface area (TPSA) is 0 Å². The van der Waals surface area contributed by atoms with Crippen LogP contribution in [0, 0.1) is 118 Å². The van der Waals surface area contributed by atoms with Crippen molar-refractivity contribution in [2.45, 2.75) is 218 Å². The summed E-state index contributed by atoms with van der Waals surface area (Å²) in [6.07, 6.45) is 55.1. The molecule has 0 heteroatoms. The Morgan fingerprint density at radius 3 is 0.852 bits per heavy atom. The molecule has 11 fully saturated rings. The van der Waals surface area contributed by atoms with E-state index in [1.54, 1.807) is 205 Å². The van der Waals surface area contributed by atoms with E-state index in [4.69, 9.17) is 0 Å². The maximum Gasteiger partial charge on any atom is -0.0323 e. The lowest BCUT2D eigenvalue weighted by atomic mass is 9.39. The van der Waals surface area contributed by atoms with Gasteiger partial charge in [0.1, 0.15) is 0 Å². The van der Waals surface area contributed by atoms with Gasteiger partial charge < -0.3 is 0 Å². The molecule has 0 saturated heterocycles. The molecule has 0 aromatic rings. The summed E-state index contributed by atoms with van der Waals surface area (Å²) in [4.78, 5) is 0. The van der Waals surface area contributed by atoms with E-state index >= 15 is 0 Å². The highest BCUT2D eigenvalue weighted by Crippen LogP contribution is 2.69. The Balaban J connectivity index is 0.921. The van der Waals surface area contributed by atoms with Crippen LogP contribution in [-0.4, -0.2) is 0 Å². The molecule has 11 rings (SSSR count). The first-order valence-corrected chi connectivity index (χ1v) is 26.8. The molecule has 0 nitrogen and oxygen atoms in total. The molecule has 54 heavy (non-hydrogen) atoms. The maximum atomic E-state index is 1.74. The molecule has 0 N–H and O–H groups in total. The molecule has 11 aliphatic rings. The summed E-state index contributed by atoms with van der Waals surface area (Å²) in [7, 11) is 0. The van der Waals surface area contributed by atoms with E-state index < -0.39 is 0 Å². The largest absolute Gasteiger partial charge is 0.0533 e. The second kappa shape index (κ2) is 16.2. The smallest absolute Gasteiger partial charge is 0.0323 e. The van der Waals surface area contributed by atoms with E-state index in [9.17, 15) is 0 Å². The summed E-state index contributed by atoms with van der Waals surface area (Å²) in [5.74, 6) is 22.5. The van der Waals surface area contributed by atoms with Crippen molar-refractivity contribution in [2.75, 3.05) is 0 Å². The molecule has 0 heterocycles. The first kappa shape index (κ1) is 37.0. The first-order chi connectivity index (χ1) is 26.8. The SMILES string of the molecule is C1CCC(C2CCC(C3C4CC5CCC6CCCCC6C5CC4C(C4CCC(C5CCCCC5)CC4)C4CC5CCC6CCCCC6C5CC43)CC2)CC1. The summed E-state index contributed by atoms with van der Waals surface area (Å²) >= 11 is 0. The van der Waals surface area contributed by atoms with Crippen molar-refractivity contribution in [1.29, 1.82) is 0 Å². The summed E-state index contributed by atoms with van der Waals surface area (Å²) in [5.41, 5.74) is 0. The minimum Gasteiger partial charge on any atom is -0.0533 e. The standard InChI is InChI=1S/C54H88/c1-3-11-35(12-4-1)37-19-25-41(26-20-37)53-49-31-43-29-23-40-16-8-10-18-46(40)48(43)34-52(49)54(42-27-21-38(22-28-42)36-13-5-2-6-14-36)50-32-44-30-24-39-15-7-9-17-45(39)47(44)33-51(50)53/h35-54H,1-34H2. The zero-order valence-electron chi connectivity index (χ0n) is 35.6. The molecule has 0 aromatic carbocycles. The zero-order valence-corrected chi connectivity index (χ0v) is 35.6. The molecule has 0 spiro atoms. The van der Waals surface area contributed by atoms with Crippen molar-refractivity contribution < 1.29 is 0 Å². The van der Waals surface area contributed by atoms with Gasteiger partial charge in [-0.3, -0.25) is 0 Å². The third-order valence-electron chi connectivity index (χ3n) is 22.7. The third kappa shape index (κ3) is 6.90. The third-order valence-corrected chi connectivity index (χ3v) is 22.7. The van der Waals surface area contributed by atoms with Crippen LogP contribution in [0.4, 0.5) is 0 Å². The molecule has 0 radical (unpaired) electrons. The molecule has 14 atom stereocenters. The van der Waals surface area contributed by atoms with Gasteiger partial charge in [-0.05, 0) is 234 Å². The van der Waals surface area contributed by atoms with Gasteiger partial charge in [-0.1, -0.05) is 103 Å². The number of hydrogen-bond acceptors (Lipinski definition) is 0. The Bertz CT molecular complexity index is 1110. The van der Waals surface area contributed by atoms with Gasteiger partial charge in [-0.25, -0.2) is 0 Å². The van der Waals surface area contributed by atoms with Crippen LogP contribution in [0.15, 0.2) is 0 Å². The lowest BCUT2D eigenvalue weighted by molar-refractivity contribution is -0.170. The summed E-state index contributed by atoms with van der Waals surface area (Å²) in [6.45, 7) is 0. The first-order valence-electron chi connectivity index (χ1n) is 26.8. The van der Waals surface area contributed by atoms with Crippen LogP contribution in [0.3, 0.4) is 0 Å². The second-order valence-corrected chi connectivity index (χ2v) is 24.3. The van der Waals surface area contributed by atoms with Crippen LogP contribution >= 0.6 is 0 Å². The van der Waals surface area contributed by atoms with Gasteiger partial charge in [0.25, 0.3) is 0 Å². The monoisotopic (exact) mass is 737 g/mol. The number of rotatable bonds is 4. The molecular formula is C54H88. The van der Waals surface area contributed by atoms with Crippen LogP contribution < -0.4 is 0 Å². The summed E-state index contributed by atoms with van der Waals surface area (Å²) < 4.78 is 0. The molecule has 0 aliphatic heterocycles. The van der Waals surface area contributed by atoms with Crippen LogP contribution in [-0.2, 0) is 0 Å². The van der Waals surface area contributed by atoms with Crippen molar-refractivity contribution in [1.82, 2.24) is 0 Å².